The summed E-state index contributed by atoms with van der Waals surface area (Å²) < 4.78 is 0. The molecule has 2 saturated heterocycles. The molecule has 2 aromatic rings. The van der Waals surface area contributed by atoms with Gasteiger partial charge in [-0.2, -0.15) is 0 Å². The number of aromatic nitrogens is 2. The maximum atomic E-state index is 4.87. The molecular weight excluding hydrogens is 717 g/mol. The van der Waals surface area contributed by atoms with Crippen molar-refractivity contribution in [2.24, 2.45) is 0 Å². The van der Waals surface area contributed by atoms with Crippen molar-refractivity contribution in [2.45, 2.75) is 135 Å². The molecule has 0 saturated carbocycles. The monoisotopic (exact) mass is 805 g/mol. The first-order valence-corrected chi connectivity index (χ1v) is 24.5. The van der Waals surface area contributed by atoms with Crippen LogP contribution in [0.1, 0.15) is 135 Å². The Bertz CT molecular complexity index is 1190. The smallest absolute Gasteiger partial charge is 0.0887 e. The Morgan fingerprint density at radius 2 is 0.690 bits per heavy atom. The van der Waals surface area contributed by atoms with Crippen LogP contribution in [0.3, 0.4) is 0 Å². The van der Waals surface area contributed by atoms with E-state index >= 15 is 0 Å². The average molecular weight is 805 g/mol. The van der Waals surface area contributed by atoms with Gasteiger partial charge in [0.15, 0.2) is 0 Å². The second-order valence-corrected chi connectivity index (χ2v) is 17.1. The highest BCUT2D eigenvalue weighted by atomic mass is 15.2. The van der Waals surface area contributed by atoms with Gasteiger partial charge in [-0.3, -0.25) is 9.97 Å². The summed E-state index contributed by atoms with van der Waals surface area (Å²) in [6, 6.07) is 8.66. The van der Waals surface area contributed by atoms with Crippen LogP contribution in [0.15, 0.2) is 36.7 Å². The van der Waals surface area contributed by atoms with Crippen LogP contribution in [-0.4, -0.2) is 126 Å². The number of hydrogen-bond donors (Lipinski definition) is 5. The van der Waals surface area contributed by atoms with Crippen molar-refractivity contribution < 1.29 is 0 Å². The molecule has 2 fully saturated rings. The molecule has 2 aromatic heterocycles. The van der Waals surface area contributed by atoms with E-state index in [4.69, 9.17) is 9.97 Å². The van der Waals surface area contributed by atoms with Gasteiger partial charge >= 0.3 is 0 Å². The summed E-state index contributed by atoms with van der Waals surface area (Å²) in [6.07, 6.45) is 32.8. The number of rotatable bonds is 24. The van der Waals surface area contributed by atoms with Crippen molar-refractivity contribution in [1.82, 2.24) is 41.5 Å². The van der Waals surface area contributed by atoms with E-state index in [1.165, 1.54) is 141 Å². The third-order valence-electron chi connectivity index (χ3n) is 12.2. The summed E-state index contributed by atoms with van der Waals surface area (Å²) >= 11 is 0. The van der Waals surface area contributed by atoms with Crippen molar-refractivity contribution in [2.75, 3.05) is 121 Å². The minimum absolute atomic E-state index is 0.920. The maximum Gasteiger partial charge on any atom is 0.0887 e. The molecule has 10 nitrogen and oxygen atoms in total. The first-order valence-electron chi connectivity index (χ1n) is 24.5. The van der Waals surface area contributed by atoms with Gasteiger partial charge in [-0.25, -0.2) is 0 Å². The van der Waals surface area contributed by atoms with Crippen LogP contribution in [0.25, 0.3) is 11.4 Å². The molecule has 0 radical (unpaired) electrons. The normalized spacial score (nSPS) is 17.6. The fourth-order valence-corrected chi connectivity index (χ4v) is 8.42. The molecule has 10 heteroatoms. The Balaban J connectivity index is 1.02. The minimum Gasteiger partial charge on any atom is -0.368 e. The van der Waals surface area contributed by atoms with Crippen LogP contribution >= 0.6 is 0 Å². The van der Waals surface area contributed by atoms with Crippen LogP contribution in [0.5, 0.6) is 0 Å². The maximum absolute atomic E-state index is 4.87. The first kappa shape index (κ1) is 48.3. The number of nitrogens with zero attached hydrogens (tertiary/aromatic N) is 5. The molecule has 5 N–H and O–H groups in total. The highest BCUT2D eigenvalue weighted by Gasteiger charge is 2.12. The molecule has 330 valence electrons. The van der Waals surface area contributed by atoms with E-state index in [-0.39, 0.29) is 0 Å². The summed E-state index contributed by atoms with van der Waals surface area (Å²) in [5, 5.41) is 18.0. The van der Waals surface area contributed by atoms with Crippen LogP contribution in [0.4, 0.5) is 11.4 Å². The van der Waals surface area contributed by atoms with Gasteiger partial charge in [0.25, 0.3) is 0 Å². The SMILES string of the molecule is CCCCCCCCCCCCCCCCCCCCCCN1CCNCCN(c2ccc(-c3ccc(N4CCNCCNCCNCC4)cn3)nc2)CCNCC1. The first-order chi connectivity index (χ1) is 28.8. The second kappa shape index (κ2) is 33.4. The molecule has 2 aliphatic rings. The summed E-state index contributed by atoms with van der Waals surface area (Å²) in [6.45, 7) is 19.7. The molecule has 4 heterocycles. The van der Waals surface area contributed by atoms with Gasteiger partial charge in [0.05, 0.1) is 35.2 Å². The zero-order valence-corrected chi connectivity index (χ0v) is 37.4. The van der Waals surface area contributed by atoms with Crippen molar-refractivity contribution in [3.05, 3.63) is 36.7 Å². The van der Waals surface area contributed by atoms with Crippen molar-refractivity contribution in [3.8, 4) is 11.4 Å². The molecule has 0 atom stereocenters. The Morgan fingerprint density at radius 3 is 1.03 bits per heavy atom. The summed E-state index contributed by atoms with van der Waals surface area (Å²) in [5.41, 5.74) is 4.18. The van der Waals surface area contributed by atoms with E-state index in [2.05, 4.69) is 72.5 Å². The summed E-state index contributed by atoms with van der Waals surface area (Å²) in [4.78, 5) is 17.3. The third-order valence-corrected chi connectivity index (χ3v) is 12.2. The van der Waals surface area contributed by atoms with E-state index in [1.54, 1.807) is 0 Å². The number of pyridine rings is 2. The topological polar surface area (TPSA) is 95.7 Å². The highest BCUT2D eigenvalue weighted by molar-refractivity contribution is 5.60. The van der Waals surface area contributed by atoms with Gasteiger partial charge < -0.3 is 41.3 Å². The standard InChI is InChI=1S/C48H88N10/c1-2-3-4-5-6-7-8-9-10-11-12-13-14-15-16-17-18-19-20-21-36-56-37-30-52-34-41-58(42-35-53-31-38-56)46-23-25-48(55-44-46)47-24-22-45(43-54-47)57-39-32-50-28-26-49-27-29-51-33-40-57/h22-25,43-44,49-53H,2-21,26-42H2,1H3. The van der Waals surface area contributed by atoms with Crippen LogP contribution < -0.4 is 36.4 Å². The fourth-order valence-electron chi connectivity index (χ4n) is 8.42. The lowest BCUT2D eigenvalue weighted by Gasteiger charge is -2.28. The predicted octanol–water partition coefficient (Wildman–Crippen LogP) is 7.86. The molecule has 0 spiro atoms. The average Bonchev–Trinajstić information content (AvgIpc) is 3.24. The summed E-state index contributed by atoms with van der Waals surface area (Å²) in [7, 11) is 0. The number of hydrogen-bond acceptors (Lipinski definition) is 10. The number of unbranched alkanes of at least 4 members (excludes halogenated alkanes) is 19. The largest absolute Gasteiger partial charge is 0.368 e. The van der Waals surface area contributed by atoms with E-state index in [0.717, 1.165) is 122 Å². The van der Waals surface area contributed by atoms with Gasteiger partial charge in [-0.05, 0) is 37.2 Å². The Kier molecular flexibility index (Phi) is 27.8. The molecule has 2 aliphatic heterocycles. The zero-order valence-electron chi connectivity index (χ0n) is 37.4. The minimum atomic E-state index is 0.920. The van der Waals surface area contributed by atoms with E-state index < -0.39 is 0 Å². The number of nitrogens with one attached hydrogen (secondary N) is 5. The van der Waals surface area contributed by atoms with Gasteiger partial charge in [0, 0.05) is 105 Å². The van der Waals surface area contributed by atoms with Crippen molar-refractivity contribution >= 4 is 11.4 Å². The van der Waals surface area contributed by atoms with Crippen molar-refractivity contribution in [1.29, 1.82) is 0 Å². The molecule has 0 unspecified atom stereocenters. The van der Waals surface area contributed by atoms with Crippen LogP contribution in [0, 0.1) is 0 Å². The molecule has 0 amide bonds. The second-order valence-electron chi connectivity index (χ2n) is 17.1. The zero-order chi connectivity index (χ0) is 40.4. The van der Waals surface area contributed by atoms with Gasteiger partial charge in [-0.15, -0.1) is 0 Å². The fraction of sp³-hybridized carbons (Fsp3) is 0.792. The molecule has 0 aliphatic carbocycles. The van der Waals surface area contributed by atoms with Crippen LogP contribution in [-0.2, 0) is 0 Å². The Labute approximate surface area is 356 Å². The van der Waals surface area contributed by atoms with Gasteiger partial charge in [0.2, 0.25) is 0 Å². The Hall–Kier alpha value is -2.34. The molecular formula is C48H88N10. The molecule has 0 bridgehead atoms. The quantitative estimate of drug-likeness (QED) is 0.0676. The molecule has 58 heavy (non-hydrogen) atoms. The Morgan fingerprint density at radius 1 is 0.379 bits per heavy atom. The third kappa shape index (κ3) is 22.3. The van der Waals surface area contributed by atoms with E-state index in [0.29, 0.717) is 0 Å². The van der Waals surface area contributed by atoms with Gasteiger partial charge in [-0.1, -0.05) is 129 Å². The van der Waals surface area contributed by atoms with E-state index in [9.17, 15) is 0 Å². The lowest BCUT2D eigenvalue weighted by molar-refractivity contribution is 0.265. The predicted molar refractivity (Wildman–Crippen MR) is 251 cm³/mol. The van der Waals surface area contributed by atoms with Gasteiger partial charge in [0.1, 0.15) is 0 Å². The summed E-state index contributed by atoms with van der Waals surface area (Å²) in [5.74, 6) is 0. The molecule has 4 rings (SSSR count). The van der Waals surface area contributed by atoms with Crippen LogP contribution in [0.2, 0.25) is 0 Å². The van der Waals surface area contributed by atoms with Crippen molar-refractivity contribution in [3.63, 3.8) is 0 Å². The molecule has 0 aromatic carbocycles. The number of anilines is 2. The lowest BCUT2D eigenvalue weighted by atomic mass is 10.0. The van der Waals surface area contributed by atoms with E-state index in [1.807, 2.05) is 12.4 Å². The highest BCUT2D eigenvalue weighted by Crippen LogP contribution is 2.22. The lowest BCUT2D eigenvalue weighted by Crippen LogP contribution is -2.43.